The van der Waals surface area contributed by atoms with E-state index in [0.29, 0.717) is 19.4 Å². The van der Waals surface area contributed by atoms with E-state index in [-0.39, 0.29) is 0 Å². The van der Waals surface area contributed by atoms with Crippen molar-refractivity contribution in [1.82, 2.24) is 9.97 Å². The highest BCUT2D eigenvalue weighted by Gasteiger charge is 2.23. The summed E-state index contributed by atoms with van der Waals surface area (Å²) in [6.07, 6.45) is 4.88. The number of fused-ring (bicyclic) bond motifs is 1. The van der Waals surface area contributed by atoms with Crippen molar-refractivity contribution in [2.75, 3.05) is 23.6 Å². The molecule has 0 aliphatic carbocycles. The Labute approximate surface area is 154 Å². The smallest absolute Gasteiger partial charge is 0.231 e. The second-order valence-electron chi connectivity index (χ2n) is 6.99. The third kappa shape index (κ3) is 3.54. The van der Waals surface area contributed by atoms with Gasteiger partial charge in [0.2, 0.25) is 12.7 Å². The minimum Gasteiger partial charge on any atom is -0.454 e. The Hall–Kier alpha value is -2.50. The molecule has 2 aromatic rings. The topological polar surface area (TPSA) is 59.5 Å². The number of rotatable bonds is 5. The first-order chi connectivity index (χ1) is 12.7. The molecule has 6 nitrogen and oxygen atoms in total. The van der Waals surface area contributed by atoms with Crippen molar-refractivity contribution in [2.45, 2.75) is 52.1 Å². The lowest BCUT2D eigenvalue weighted by Crippen LogP contribution is -2.40. The molecular weight excluding hydrogens is 328 g/mol. The van der Waals surface area contributed by atoms with E-state index in [9.17, 15) is 0 Å². The third-order valence-electron chi connectivity index (χ3n) is 5.11. The lowest BCUT2D eigenvalue weighted by atomic mass is 10.0. The summed E-state index contributed by atoms with van der Waals surface area (Å²) in [7, 11) is 0. The van der Waals surface area contributed by atoms with Gasteiger partial charge in [-0.3, -0.25) is 0 Å². The molecule has 1 N–H and O–H groups in total. The van der Waals surface area contributed by atoms with E-state index in [1.54, 1.807) is 0 Å². The van der Waals surface area contributed by atoms with Crippen LogP contribution in [0.25, 0.3) is 0 Å². The lowest BCUT2D eigenvalue weighted by Gasteiger charge is -2.35. The number of hydrogen-bond acceptors (Lipinski definition) is 6. The average Bonchev–Trinajstić information content (AvgIpc) is 3.13. The average molecular weight is 354 g/mol. The molecular formula is C20H26N4O2. The molecule has 0 saturated carbocycles. The molecule has 138 valence electrons. The summed E-state index contributed by atoms with van der Waals surface area (Å²) in [5.41, 5.74) is 2.13. The summed E-state index contributed by atoms with van der Waals surface area (Å²) in [6, 6.07) is 8.57. The number of benzene rings is 1. The van der Waals surface area contributed by atoms with Crippen molar-refractivity contribution in [3.8, 4) is 11.5 Å². The van der Waals surface area contributed by atoms with Gasteiger partial charge in [0.1, 0.15) is 5.82 Å². The predicted molar refractivity (Wildman–Crippen MR) is 102 cm³/mol. The van der Waals surface area contributed by atoms with E-state index >= 15 is 0 Å². The number of nitrogens with zero attached hydrogens (tertiary/aromatic N) is 3. The summed E-state index contributed by atoms with van der Waals surface area (Å²) in [6.45, 7) is 6.31. The minimum atomic E-state index is 0.301. The Bertz CT molecular complexity index is 780. The first-order valence-corrected chi connectivity index (χ1v) is 9.47. The van der Waals surface area contributed by atoms with Crippen molar-refractivity contribution in [1.29, 1.82) is 0 Å². The van der Waals surface area contributed by atoms with E-state index in [2.05, 4.69) is 17.1 Å². The molecule has 3 heterocycles. The maximum Gasteiger partial charge on any atom is 0.231 e. The Morgan fingerprint density at radius 2 is 2.04 bits per heavy atom. The van der Waals surface area contributed by atoms with Crippen LogP contribution in [0.4, 0.5) is 11.8 Å². The van der Waals surface area contributed by atoms with Crippen LogP contribution in [0.3, 0.4) is 0 Å². The molecule has 1 unspecified atom stereocenters. The Kier molecular flexibility index (Phi) is 4.82. The standard InChI is InChI=1S/C20H26N4O2/c1-3-16-6-4-5-9-24(16)20-22-14(2)10-19(23-20)21-12-15-7-8-17-18(11-15)26-13-25-17/h7-8,10-11,16H,3-6,9,12-13H2,1-2H3,(H,21,22,23). The summed E-state index contributed by atoms with van der Waals surface area (Å²) < 4.78 is 10.8. The molecule has 6 heteroatoms. The van der Waals surface area contributed by atoms with Gasteiger partial charge in [-0.2, -0.15) is 4.98 Å². The number of aryl methyl sites for hydroxylation is 1. The van der Waals surface area contributed by atoms with E-state index in [4.69, 9.17) is 19.4 Å². The normalized spacial score (nSPS) is 18.8. The summed E-state index contributed by atoms with van der Waals surface area (Å²) in [4.78, 5) is 11.9. The van der Waals surface area contributed by atoms with E-state index < -0.39 is 0 Å². The van der Waals surface area contributed by atoms with Crippen LogP contribution in [0.2, 0.25) is 0 Å². The molecule has 26 heavy (non-hydrogen) atoms. The fourth-order valence-electron chi connectivity index (χ4n) is 3.70. The van der Waals surface area contributed by atoms with Crippen molar-refractivity contribution >= 4 is 11.8 Å². The summed E-state index contributed by atoms with van der Waals surface area (Å²) in [5.74, 6) is 3.34. The molecule has 0 bridgehead atoms. The molecule has 1 saturated heterocycles. The zero-order valence-electron chi connectivity index (χ0n) is 15.5. The quantitative estimate of drug-likeness (QED) is 0.879. The molecule has 4 rings (SSSR count). The maximum absolute atomic E-state index is 5.45. The largest absolute Gasteiger partial charge is 0.454 e. The van der Waals surface area contributed by atoms with Crippen LogP contribution < -0.4 is 19.7 Å². The van der Waals surface area contributed by atoms with Crippen molar-refractivity contribution < 1.29 is 9.47 Å². The van der Waals surface area contributed by atoms with Gasteiger partial charge in [0.25, 0.3) is 0 Å². The SMILES string of the molecule is CCC1CCCCN1c1nc(C)cc(NCc2ccc3c(c2)OCO3)n1. The van der Waals surface area contributed by atoms with Gasteiger partial charge >= 0.3 is 0 Å². The number of piperidine rings is 1. The highest BCUT2D eigenvalue weighted by atomic mass is 16.7. The van der Waals surface area contributed by atoms with Crippen LogP contribution >= 0.6 is 0 Å². The fourth-order valence-corrected chi connectivity index (χ4v) is 3.70. The highest BCUT2D eigenvalue weighted by Crippen LogP contribution is 2.32. The van der Waals surface area contributed by atoms with Gasteiger partial charge in [-0.05, 0) is 50.3 Å². The van der Waals surface area contributed by atoms with Gasteiger partial charge in [-0.1, -0.05) is 13.0 Å². The summed E-state index contributed by atoms with van der Waals surface area (Å²) in [5, 5.41) is 3.43. The van der Waals surface area contributed by atoms with Crippen molar-refractivity contribution in [3.63, 3.8) is 0 Å². The van der Waals surface area contributed by atoms with Crippen LogP contribution in [-0.4, -0.2) is 29.3 Å². The highest BCUT2D eigenvalue weighted by molar-refractivity contribution is 5.47. The molecule has 0 radical (unpaired) electrons. The number of anilines is 2. The second kappa shape index (κ2) is 7.40. The molecule has 2 aliphatic heterocycles. The van der Waals surface area contributed by atoms with E-state index in [1.807, 2.05) is 31.2 Å². The predicted octanol–water partition coefficient (Wildman–Crippen LogP) is 3.89. The number of nitrogens with one attached hydrogen (secondary N) is 1. The van der Waals surface area contributed by atoms with E-state index in [0.717, 1.165) is 47.5 Å². The Balaban J connectivity index is 1.49. The van der Waals surface area contributed by atoms with Crippen LogP contribution in [0.5, 0.6) is 11.5 Å². The monoisotopic (exact) mass is 354 g/mol. The molecule has 1 atom stereocenters. The first kappa shape index (κ1) is 16.9. The molecule has 2 aliphatic rings. The zero-order valence-corrected chi connectivity index (χ0v) is 15.5. The Morgan fingerprint density at radius 3 is 2.92 bits per heavy atom. The number of aromatic nitrogens is 2. The number of ether oxygens (including phenoxy) is 2. The molecule has 1 aromatic carbocycles. The summed E-state index contributed by atoms with van der Waals surface area (Å²) >= 11 is 0. The van der Waals surface area contributed by atoms with Crippen molar-refractivity contribution in [2.24, 2.45) is 0 Å². The van der Waals surface area contributed by atoms with Crippen molar-refractivity contribution in [3.05, 3.63) is 35.5 Å². The van der Waals surface area contributed by atoms with Crippen LogP contribution in [-0.2, 0) is 6.54 Å². The molecule has 1 fully saturated rings. The van der Waals surface area contributed by atoms with Gasteiger partial charge < -0.3 is 19.7 Å². The van der Waals surface area contributed by atoms with Crippen LogP contribution in [0, 0.1) is 6.92 Å². The molecule has 0 amide bonds. The van der Waals surface area contributed by atoms with Gasteiger partial charge in [0, 0.05) is 30.9 Å². The first-order valence-electron chi connectivity index (χ1n) is 9.47. The third-order valence-corrected chi connectivity index (χ3v) is 5.11. The minimum absolute atomic E-state index is 0.301. The lowest BCUT2D eigenvalue weighted by molar-refractivity contribution is 0.174. The maximum atomic E-state index is 5.45. The van der Waals surface area contributed by atoms with Gasteiger partial charge in [-0.15, -0.1) is 0 Å². The zero-order chi connectivity index (χ0) is 17.9. The molecule has 1 aromatic heterocycles. The van der Waals surface area contributed by atoms with Crippen LogP contribution in [0.15, 0.2) is 24.3 Å². The van der Waals surface area contributed by atoms with Gasteiger partial charge in [0.05, 0.1) is 0 Å². The van der Waals surface area contributed by atoms with E-state index in [1.165, 1.54) is 19.3 Å². The fraction of sp³-hybridized carbons (Fsp3) is 0.500. The second-order valence-corrected chi connectivity index (χ2v) is 6.99. The van der Waals surface area contributed by atoms with Gasteiger partial charge in [0.15, 0.2) is 11.5 Å². The van der Waals surface area contributed by atoms with Crippen LogP contribution in [0.1, 0.15) is 43.9 Å². The Morgan fingerprint density at radius 1 is 1.15 bits per heavy atom. The number of hydrogen-bond donors (Lipinski definition) is 1. The molecule has 0 spiro atoms. The van der Waals surface area contributed by atoms with Gasteiger partial charge in [-0.25, -0.2) is 4.98 Å².